The molecule has 0 unspecified atom stereocenters. The summed E-state index contributed by atoms with van der Waals surface area (Å²) in [7, 11) is -7.63. The average Bonchev–Trinajstić information content (AvgIpc) is 2.67. The van der Waals surface area contributed by atoms with Crippen LogP contribution in [0.5, 0.6) is 0 Å². The second-order valence-corrected chi connectivity index (χ2v) is 10.6. The number of anilines is 1. The van der Waals surface area contributed by atoms with Gasteiger partial charge in [0.05, 0.1) is 27.1 Å². The Kier molecular flexibility index (Phi) is 5.95. The SMILES string of the molecule is CS(=O)(=O)c1cc(S(N)(=O)=O)ccc1N1CCN(Cc2ccc(C#N)cc2)CC1. The third-order valence-electron chi connectivity index (χ3n) is 4.86. The van der Waals surface area contributed by atoms with Gasteiger partial charge in [-0.2, -0.15) is 5.26 Å². The molecule has 0 radical (unpaired) electrons. The van der Waals surface area contributed by atoms with Crippen LogP contribution in [0.1, 0.15) is 11.1 Å². The molecule has 0 saturated carbocycles. The zero-order valence-corrected chi connectivity index (χ0v) is 17.6. The van der Waals surface area contributed by atoms with Crippen molar-refractivity contribution in [3.63, 3.8) is 0 Å². The first-order valence-corrected chi connectivity index (χ1v) is 12.3. The lowest BCUT2D eigenvalue weighted by Crippen LogP contribution is -2.46. The topological polar surface area (TPSA) is 125 Å². The van der Waals surface area contributed by atoms with Crippen LogP contribution in [0.3, 0.4) is 0 Å². The first kappa shape index (κ1) is 21.3. The van der Waals surface area contributed by atoms with Gasteiger partial charge in [-0.1, -0.05) is 12.1 Å². The smallest absolute Gasteiger partial charge is 0.238 e. The van der Waals surface area contributed by atoms with Gasteiger partial charge in [0.2, 0.25) is 10.0 Å². The molecular weight excluding hydrogens is 412 g/mol. The summed E-state index contributed by atoms with van der Waals surface area (Å²) in [5.41, 5.74) is 2.21. The summed E-state index contributed by atoms with van der Waals surface area (Å²) in [6.07, 6.45) is 1.06. The van der Waals surface area contributed by atoms with Crippen molar-refractivity contribution in [2.75, 3.05) is 37.3 Å². The van der Waals surface area contributed by atoms with Gasteiger partial charge < -0.3 is 4.90 Å². The lowest BCUT2D eigenvalue weighted by Gasteiger charge is -2.37. The van der Waals surface area contributed by atoms with E-state index in [4.69, 9.17) is 10.4 Å². The summed E-state index contributed by atoms with van der Waals surface area (Å²) < 4.78 is 47.7. The normalized spacial score (nSPS) is 15.8. The number of hydrogen-bond donors (Lipinski definition) is 1. The Morgan fingerprint density at radius 3 is 2.14 bits per heavy atom. The van der Waals surface area contributed by atoms with E-state index in [1.54, 1.807) is 12.1 Å². The molecule has 1 aliphatic rings. The molecule has 0 aliphatic carbocycles. The zero-order chi connectivity index (χ0) is 21.2. The molecule has 2 aromatic carbocycles. The van der Waals surface area contributed by atoms with Gasteiger partial charge in [-0.25, -0.2) is 22.0 Å². The molecule has 1 fully saturated rings. The molecule has 0 spiro atoms. The molecule has 1 aliphatic heterocycles. The van der Waals surface area contributed by atoms with Crippen LogP contribution in [0.15, 0.2) is 52.3 Å². The molecular formula is C19H22N4O4S2. The summed E-state index contributed by atoms with van der Waals surface area (Å²) in [6.45, 7) is 3.39. The number of primary sulfonamides is 1. The van der Waals surface area contributed by atoms with Gasteiger partial charge in [0.15, 0.2) is 9.84 Å². The minimum Gasteiger partial charge on any atom is -0.368 e. The Bertz CT molecular complexity index is 1150. The van der Waals surface area contributed by atoms with E-state index in [0.29, 0.717) is 24.3 Å². The van der Waals surface area contributed by atoms with Crippen molar-refractivity contribution in [3.8, 4) is 6.07 Å². The molecule has 3 rings (SSSR count). The predicted octanol–water partition coefficient (Wildman–Crippen LogP) is 0.931. The molecule has 1 heterocycles. The van der Waals surface area contributed by atoms with E-state index in [1.807, 2.05) is 17.0 Å². The van der Waals surface area contributed by atoms with Gasteiger partial charge in [0.1, 0.15) is 0 Å². The molecule has 8 nitrogen and oxygen atoms in total. The molecule has 29 heavy (non-hydrogen) atoms. The maximum atomic E-state index is 12.2. The maximum Gasteiger partial charge on any atom is 0.238 e. The van der Waals surface area contributed by atoms with Crippen LogP contribution >= 0.6 is 0 Å². The minimum atomic E-state index is -3.99. The summed E-state index contributed by atoms with van der Waals surface area (Å²) in [6, 6.07) is 13.5. The predicted molar refractivity (Wildman–Crippen MR) is 110 cm³/mol. The van der Waals surface area contributed by atoms with Gasteiger partial charge in [0.25, 0.3) is 0 Å². The second kappa shape index (κ2) is 8.12. The van der Waals surface area contributed by atoms with Gasteiger partial charge in [-0.05, 0) is 35.9 Å². The number of nitriles is 1. The lowest BCUT2D eigenvalue weighted by atomic mass is 10.1. The Labute approximate surface area is 171 Å². The van der Waals surface area contributed by atoms with Crippen molar-refractivity contribution in [1.82, 2.24) is 4.90 Å². The van der Waals surface area contributed by atoms with Crippen LogP contribution in [0.4, 0.5) is 5.69 Å². The van der Waals surface area contributed by atoms with Crippen molar-refractivity contribution in [2.24, 2.45) is 5.14 Å². The Morgan fingerprint density at radius 1 is 1.00 bits per heavy atom. The maximum absolute atomic E-state index is 12.2. The number of hydrogen-bond acceptors (Lipinski definition) is 7. The molecule has 154 valence electrons. The van der Waals surface area contributed by atoms with E-state index < -0.39 is 19.9 Å². The van der Waals surface area contributed by atoms with Crippen molar-refractivity contribution >= 4 is 25.5 Å². The fourth-order valence-electron chi connectivity index (χ4n) is 3.32. The number of nitrogens with two attached hydrogens (primary N) is 1. The minimum absolute atomic E-state index is 0.0374. The quantitative estimate of drug-likeness (QED) is 0.742. The number of sulfone groups is 1. The number of benzene rings is 2. The van der Waals surface area contributed by atoms with E-state index in [-0.39, 0.29) is 9.79 Å². The van der Waals surface area contributed by atoms with E-state index >= 15 is 0 Å². The zero-order valence-electron chi connectivity index (χ0n) is 15.9. The third-order valence-corrected chi connectivity index (χ3v) is 6.90. The monoisotopic (exact) mass is 434 g/mol. The molecule has 2 aromatic rings. The van der Waals surface area contributed by atoms with Crippen LogP contribution in [-0.2, 0) is 26.4 Å². The van der Waals surface area contributed by atoms with Crippen LogP contribution in [0.2, 0.25) is 0 Å². The Hall–Kier alpha value is -2.45. The molecule has 0 atom stereocenters. The van der Waals surface area contributed by atoms with E-state index in [9.17, 15) is 16.8 Å². The van der Waals surface area contributed by atoms with Crippen LogP contribution in [-0.4, -0.2) is 54.2 Å². The number of rotatable bonds is 5. The highest BCUT2D eigenvalue weighted by molar-refractivity contribution is 7.91. The van der Waals surface area contributed by atoms with Crippen molar-refractivity contribution in [3.05, 3.63) is 53.6 Å². The van der Waals surface area contributed by atoms with Crippen LogP contribution in [0, 0.1) is 11.3 Å². The molecule has 0 amide bonds. The van der Waals surface area contributed by atoms with E-state index in [0.717, 1.165) is 37.5 Å². The number of nitrogens with zero attached hydrogens (tertiary/aromatic N) is 3. The molecule has 1 saturated heterocycles. The Balaban J connectivity index is 1.75. The summed E-state index contributed by atoms with van der Waals surface area (Å²) >= 11 is 0. The summed E-state index contributed by atoms with van der Waals surface area (Å²) in [5.74, 6) is 0. The fraction of sp³-hybridized carbons (Fsp3) is 0.316. The van der Waals surface area contributed by atoms with E-state index in [2.05, 4.69) is 11.0 Å². The average molecular weight is 435 g/mol. The van der Waals surface area contributed by atoms with Crippen molar-refractivity contribution < 1.29 is 16.8 Å². The molecule has 2 N–H and O–H groups in total. The second-order valence-electron chi connectivity index (χ2n) is 7.02. The van der Waals surface area contributed by atoms with Gasteiger partial charge >= 0.3 is 0 Å². The highest BCUT2D eigenvalue weighted by Gasteiger charge is 2.24. The largest absolute Gasteiger partial charge is 0.368 e. The van der Waals surface area contributed by atoms with Crippen molar-refractivity contribution in [1.29, 1.82) is 5.26 Å². The highest BCUT2D eigenvalue weighted by atomic mass is 32.2. The lowest BCUT2D eigenvalue weighted by molar-refractivity contribution is 0.249. The summed E-state index contributed by atoms with van der Waals surface area (Å²) in [4.78, 5) is 3.93. The third kappa shape index (κ3) is 5.13. The Morgan fingerprint density at radius 2 is 1.62 bits per heavy atom. The molecule has 10 heteroatoms. The highest BCUT2D eigenvalue weighted by Crippen LogP contribution is 2.29. The van der Waals surface area contributed by atoms with Crippen LogP contribution in [0.25, 0.3) is 0 Å². The van der Waals surface area contributed by atoms with Gasteiger partial charge in [-0.3, -0.25) is 4.90 Å². The van der Waals surface area contributed by atoms with E-state index in [1.165, 1.54) is 12.1 Å². The van der Waals surface area contributed by atoms with Gasteiger partial charge in [-0.15, -0.1) is 0 Å². The fourth-order valence-corrected chi connectivity index (χ4v) is 4.85. The van der Waals surface area contributed by atoms with Gasteiger partial charge in [0, 0.05) is 39.0 Å². The number of sulfonamides is 1. The molecule has 0 bridgehead atoms. The standard InChI is InChI=1S/C19H22N4O4S2/c1-28(24,25)19-12-17(29(21,26)27)6-7-18(19)23-10-8-22(9-11-23)14-16-4-2-15(13-20)3-5-16/h2-7,12H,8-11,14H2,1H3,(H2,21,26,27). The first-order valence-electron chi connectivity index (χ1n) is 8.91. The van der Waals surface area contributed by atoms with Crippen LogP contribution < -0.4 is 10.0 Å². The molecule has 0 aromatic heterocycles. The summed E-state index contributed by atoms with van der Waals surface area (Å²) in [5, 5.41) is 14.0. The first-order chi connectivity index (χ1) is 13.6. The van der Waals surface area contributed by atoms with Crippen molar-refractivity contribution in [2.45, 2.75) is 16.3 Å². The number of piperazine rings is 1.